The van der Waals surface area contributed by atoms with Gasteiger partial charge in [0.1, 0.15) is 0 Å². The zero-order valence-corrected chi connectivity index (χ0v) is 10.4. The smallest absolute Gasteiger partial charge is 0.321 e. The first-order chi connectivity index (χ1) is 8.15. The van der Waals surface area contributed by atoms with Gasteiger partial charge in [-0.15, -0.1) is 0 Å². The largest absolute Gasteiger partial charge is 0.324 e. The van der Waals surface area contributed by atoms with E-state index in [0.717, 1.165) is 18.8 Å². The Bertz CT molecular complexity index is 370. The molecule has 0 aliphatic carbocycles. The van der Waals surface area contributed by atoms with Gasteiger partial charge >= 0.3 is 6.03 Å². The molecule has 0 radical (unpaired) electrons. The minimum Gasteiger partial charge on any atom is -0.324 e. The Balaban J connectivity index is 1.96. The van der Waals surface area contributed by atoms with Crippen molar-refractivity contribution in [3.05, 3.63) is 24.5 Å². The van der Waals surface area contributed by atoms with Crippen molar-refractivity contribution in [3.63, 3.8) is 0 Å². The summed E-state index contributed by atoms with van der Waals surface area (Å²) in [6.45, 7) is 6.08. The molecule has 2 amide bonds. The third kappa shape index (κ3) is 3.19. The number of amides is 2. The van der Waals surface area contributed by atoms with Crippen LogP contribution in [0.25, 0.3) is 0 Å². The first kappa shape index (κ1) is 11.9. The fourth-order valence-electron chi connectivity index (χ4n) is 2.47. The number of anilines is 1. The number of carbonyl (C=O) groups is 1. The van der Waals surface area contributed by atoms with Crippen LogP contribution in [0.1, 0.15) is 20.3 Å². The number of hydrogen-bond acceptors (Lipinski definition) is 2. The molecule has 2 atom stereocenters. The highest BCUT2D eigenvalue weighted by Crippen LogP contribution is 2.21. The molecule has 0 saturated carbocycles. The van der Waals surface area contributed by atoms with Gasteiger partial charge in [0, 0.05) is 19.3 Å². The quantitative estimate of drug-likeness (QED) is 0.810. The zero-order valence-electron chi connectivity index (χ0n) is 10.4. The number of nitrogens with one attached hydrogen (secondary N) is 1. The molecule has 2 heterocycles. The summed E-state index contributed by atoms with van der Waals surface area (Å²) >= 11 is 0. The Morgan fingerprint density at radius 1 is 1.41 bits per heavy atom. The predicted molar refractivity (Wildman–Crippen MR) is 67.8 cm³/mol. The second kappa shape index (κ2) is 5.17. The molecular weight excluding hydrogens is 214 g/mol. The molecule has 1 aromatic heterocycles. The van der Waals surface area contributed by atoms with Gasteiger partial charge in [-0.2, -0.15) is 0 Å². The van der Waals surface area contributed by atoms with Gasteiger partial charge < -0.3 is 10.2 Å². The van der Waals surface area contributed by atoms with E-state index in [2.05, 4.69) is 24.1 Å². The van der Waals surface area contributed by atoms with Crippen molar-refractivity contribution >= 4 is 11.7 Å². The molecule has 2 unspecified atom stereocenters. The molecule has 0 aromatic carbocycles. The monoisotopic (exact) mass is 233 g/mol. The summed E-state index contributed by atoms with van der Waals surface area (Å²) in [5.74, 6) is 1.16. The standard InChI is InChI=1S/C13H19N3O/c1-10-6-11(2)9-16(8-10)13(17)15-12-4-3-5-14-7-12/h3-5,7,10-11H,6,8-9H2,1-2H3,(H,15,17). The number of urea groups is 1. The molecule has 1 aromatic rings. The van der Waals surface area contributed by atoms with Crippen molar-refractivity contribution < 1.29 is 4.79 Å². The van der Waals surface area contributed by atoms with Gasteiger partial charge in [0.15, 0.2) is 0 Å². The maximum atomic E-state index is 12.0. The number of aromatic nitrogens is 1. The number of piperidine rings is 1. The van der Waals surface area contributed by atoms with Gasteiger partial charge in [0.25, 0.3) is 0 Å². The SMILES string of the molecule is CC1CC(C)CN(C(=O)Nc2cccnc2)C1. The summed E-state index contributed by atoms with van der Waals surface area (Å²) in [5, 5.41) is 2.88. The highest BCUT2D eigenvalue weighted by atomic mass is 16.2. The molecule has 1 fully saturated rings. The number of rotatable bonds is 1. The van der Waals surface area contributed by atoms with Crippen LogP contribution in [-0.2, 0) is 0 Å². The maximum Gasteiger partial charge on any atom is 0.321 e. The first-order valence-electron chi connectivity index (χ1n) is 6.11. The van der Waals surface area contributed by atoms with Gasteiger partial charge in [-0.3, -0.25) is 4.98 Å². The number of carbonyl (C=O) groups excluding carboxylic acids is 1. The summed E-state index contributed by atoms with van der Waals surface area (Å²) in [5.41, 5.74) is 0.753. The van der Waals surface area contributed by atoms with E-state index in [4.69, 9.17) is 0 Å². The van der Waals surface area contributed by atoms with Crippen LogP contribution < -0.4 is 5.32 Å². The molecule has 1 saturated heterocycles. The Labute approximate surface area is 102 Å². The number of likely N-dealkylation sites (tertiary alicyclic amines) is 1. The normalized spacial score (nSPS) is 24.5. The molecular formula is C13H19N3O. The van der Waals surface area contributed by atoms with Crippen LogP contribution in [0.15, 0.2) is 24.5 Å². The van der Waals surface area contributed by atoms with Gasteiger partial charge in [-0.05, 0) is 30.4 Å². The van der Waals surface area contributed by atoms with Crippen LogP contribution in [0.2, 0.25) is 0 Å². The Hall–Kier alpha value is -1.58. The lowest BCUT2D eigenvalue weighted by molar-refractivity contribution is 0.156. The van der Waals surface area contributed by atoms with Crippen molar-refractivity contribution in [3.8, 4) is 0 Å². The summed E-state index contributed by atoms with van der Waals surface area (Å²) in [6, 6.07) is 3.65. The second-order valence-corrected chi connectivity index (χ2v) is 5.02. The summed E-state index contributed by atoms with van der Waals surface area (Å²) < 4.78 is 0. The van der Waals surface area contributed by atoms with Gasteiger partial charge in [-0.1, -0.05) is 13.8 Å². The van der Waals surface area contributed by atoms with Crippen molar-refractivity contribution in [1.82, 2.24) is 9.88 Å². The molecule has 0 bridgehead atoms. The fraction of sp³-hybridized carbons (Fsp3) is 0.538. The molecule has 1 aliphatic heterocycles. The van der Waals surface area contributed by atoms with Crippen LogP contribution in [0.4, 0.5) is 10.5 Å². The number of hydrogen-bond donors (Lipinski definition) is 1. The molecule has 1 N–H and O–H groups in total. The van der Waals surface area contributed by atoms with E-state index in [1.54, 1.807) is 12.4 Å². The number of nitrogens with zero attached hydrogens (tertiary/aromatic N) is 2. The van der Waals surface area contributed by atoms with E-state index >= 15 is 0 Å². The van der Waals surface area contributed by atoms with E-state index in [-0.39, 0.29) is 6.03 Å². The Kier molecular flexibility index (Phi) is 3.61. The highest BCUT2D eigenvalue weighted by Gasteiger charge is 2.25. The van der Waals surface area contributed by atoms with Crippen LogP contribution in [0.5, 0.6) is 0 Å². The van der Waals surface area contributed by atoms with Crippen LogP contribution in [0.3, 0.4) is 0 Å². The van der Waals surface area contributed by atoms with E-state index in [0.29, 0.717) is 11.8 Å². The molecule has 4 nitrogen and oxygen atoms in total. The summed E-state index contributed by atoms with van der Waals surface area (Å²) in [6.07, 6.45) is 4.56. The molecule has 4 heteroatoms. The summed E-state index contributed by atoms with van der Waals surface area (Å²) in [7, 11) is 0. The topological polar surface area (TPSA) is 45.2 Å². The number of pyridine rings is 1. The lowest BCUT2D eigenvalue weighted by Gasteiger charge is -2.34. The van der Waals surface area contributed by atoms with E-state index in [1.807, 2.05) is 17.0 Å². The van der Waals surface area contributed by atoms with E-state index in [9.17, 15) is 4.79 Å². The fourth-order valence-corrected chi connectivity index (χ4v) is 2.47. The average molecular weight is 233 g/mol. The highest BCUT2D eigenvalue weighted by molar-refractivity contribution is 5.89. The van der Waals surface area contributed by atoms with Crippen molar-refractivity contribution in [1.29, 1.82) is 0 Å². The predicted octanol–water partition coefficient (Wildman–Crippen LogP) is 2.59. The third-order valence-corrected chi connectivity index (χ3v) is 3.07. The Morgan fingerprint density at radius 3 is 2.71 bits per heavy atom. The Morgan fingerprint density at radius 2 is 2.12 bits per heavy atom. The minimum atomic E-state index is -0.0172. The van der Waals surface area contributed by atoms with Gasteiger partial charge in [0.05, 0.1) is 11.9 Å². The first-order valence-corrected chi connectivity index (χ1v) is 6.11. The molecule has 2 rings (SSSR count). The third-order valence-electron chi connectivity index (χ3n) is 3.07. The lowest BCUT2D eigenvalue weighted by atomic mass is 9.92. The minimum absolute atomic E-state index is 0.0172. The zero-order chi connectivity index (χ0) is 12.3. The molecule has 92 valence electrons. The molecule has 1 aliphatic rings. The van der Waals surface area contributed by atoms with E-state index in [1.165, 1.54) is 6.42 Å². The van der Waals surface area contributed by atoms with Crippen molar-refractivity contribution in [2.75, 3.05) is 18.4 Å². The van der Waals surface area contributed by atoms with E-state index < -0.39 is 0 Å². The average Bonchev–Trinajstić information content (AvgIpc) is 2.29. The van der Waals surface area contributed by atoms with Gasteiger partial charge in [0.2, 0.25) is 0 Å². The summed E-state index contributed by atoms with van der Waals surface area (Å²) in [4.78, 5) is 17.9. The van der Waals surface area contributed by atoms with Crippen LogP contribution in [0, 0.1) is 11.8 Å². The lowest BCUT2D eigenvalue weighted by Crippen LogP contribution is -2.44. The molecule has 17 heavy (non-hydrogen) atoms. The van der Waals surface area contributed by atoms with Crippen molar-refractivity contribution in [2.24, 2.45) is 11.8 Å². The van der Waals surface area contributed by atoms with Crippen LogP contribution in [-0.4, -0.2) is 29.0 Å². The van der Waals surface area contributed by atoms with Crippen molar-refractivity contribution in [2.45, 2.75) is 20.3 Å². The molecule has 0 spiro atoms. The van der Waals surface area contributed by atoms with Gasteiger partial charge in [-0.25, -0.2) is 4.79 Å². The second-order valence-electron chi connectivity index (χ2n) is 5.02. The maximum absolute atomic E-state index is 12.0. The van der Waals surface area contributed by atoms with Crippen LogP contribution >= 0.6 is 0 Å².